The number of nitrogens with one attached hydrogen (secondary N) is 1. The summed E-state index contributed by atoms with van der Waals surface area (Å²) in [6.07, 6.45) is 3.12. The third kappa shape index (κ3) is 4.45. The summed E-state index contributed by atoms with van der Waals surface area (Å²) in [5.74, 6) is -0.332. The Hall–Kier alpha value is -2.95. The highest BCUT2D eigenvalue weighted by atomic mass is 79.9. The Kier molecular flexibility index (Phi) is 6.70. The summed E-state index contributed by atoms with van der Waals surface area (Å²) in [5, 5.41) is 9.15. The minimum absolute atomic E-state index is 0.0123. The van der Waals surface area contributed by atoms with Crippen molar-refractivity contribution in [2.24, 2.45) is 0 Å². The summed E-state index contributed by atoms with van der Waals surface area (Å²) >= 11 is 3.34. The smallest absolute Gasteiger partial charge is 0.276 e. The number of amides is 1. The summed E-state index contributed by atoms with van der Waals surface area (Å²) in [7, 11) is -2.62. The first kappa shape index (κ1) is 21.8. The van der Waals surface area contributed by atoms with E-state index in [9.17, 15) is 13.2 Å². The van der Waals surface area contributed by atoms with Crippen LogP contribution in [0.4, 0.5) is 5.69 Å². The van der Waals surface area contributed by atoms with Gasteiger partial charge in [-0.25, -0.2) is 13.9 Å². The highest BCUT2D eigenvalue weighted by molar-refractivity contribution is 9.10. The number of sulfonamides is 1. The Labute approximate surface area is 182 Å². The maximum Gasteiger partial charge on any atom is 0.276 e. The number of pyridine rings is 1. The molecule has 30 heavy (non-hydrogen) atoms. The van der Waals surface area contributed by atoms with E-state index in [1.807, 2.05) is 0 Å². The molecule has 3 rings (SSSR count). The van der Waals surface area contributed by atoms with Crippen LogP contribution in [0.2, 0.25) is 0 Å². The Balaban J connectivity index is 2.20. The number of hydrogen-bond donors (Lipinski definition) is 2. The number of para-hydroxylation sites is 1. The van der Waals surface area contributed by atoms with Gasteiger partial charge in [-0.3, -0.25) is 19.3 Å². The molecule has 1 aromatic heterocycles. The average molecular weight is 492 g/mol. The molecule has 10 heteroatoms. The molecule has 2 N–H and O–H groups in total. The topological polar surface area (TPSA) is 109 Å². The van der Waals surface area contributed by atoms with Crippen LogP contribution in [0.25, 0.3) is 0 Å². The number of anilines is 1. The van der Waals surface area contributed by atoms with E-state index >= 15 is 0 Å². The molecular formula is C20H18BrN3O5S. The predicted molar refractivity (Wildman–Crippen MR) is 114 cm³/mol. The van der Waals surface area contributed by atoms with Gasteiger partial charge in [-0.05, 0) is 64.0 Å². The zero-order chi connectivity index (χ0) is 21.7. The van der Waals surface area contributed by atoms with Crippen molar-refractivity contribution in [3.05, 3.63) is 82.6 Å². The van der Waals surface area contributed by atoms with E-state index in [0.29, 0.717) is 15.8 Å². The average Bonchev–Trinajstić information content (AvgIpc) is 2.77. The minimum Gasteiger partial charge on any atom is -0.497 e. The maximum absolute atomic E-state index is 13.6. The van der Waals surface area contributed by atoms with Gasteiger partial charge < -0.3 is 4.74 Å². The molecule has 0 unspecified atom stereocenters. The molecule has 0 fully saturated rings. The molecule has 0 atom stereocenters. The second kappa shape index (κ2) is 9.24. The number of benzene rings is 2. The molecule has 1 heterocycles. The number of carbonyl (C=O) groups is 1. The Morgan fingerprint density at radius 2 is 1.90 bits per heavy atom. The highest BCUT2D eigenvalue weighted by Crippen LogP contribution is 2.35. The van der Waals surface area contributed by atoms with Gasteiger partial charge in [0.2, 0.25) is 0 Å². The van der Waals surface area contributed by atoms with Crippen molar-refractivity contribution in [1.82, 2.24) is 10.5 Å². The number of ether oxygens (including phenoxy) is 1. The van der Waals surface area contributed by atoms with E-state index < -0.39 is 15.9 Å². The Morgan fingerprint density at radius 3 is 2.50 bits per heavy atom. The monoisotopic (exact) mass is 491 g/mol. The lowest BCUT2D eigenvalue weighted by Crippen LogP contribution is -2.33. The summed E-state index contributed by atoms with van der Waals surface area (Å²) in [4.78, 5) is 16.3. The van der Waals surface area contributed by atoms with E-state index in [1.165, 1.54) is 37.4 Å². The fourth-order valence-electron chi connectivity index (χ4n) is 2.83. The zero-order valence-corrected chi connectivity index (χ0v) is 18.2. The number of nitrogens with zero attached hydrogens (tertiary/aromatic N) is 2. The molecule has 8 nitrogen and oxygen atoms in total. The fraction of sp³-hybridized carbons (Fsp3) is 0.100. The van der Waals surface area contributed by atoms with Crippen molar-refractivity contribution in [2.75, 3.05) is 11.4 Å². The number of methoxy groups -OCH3 is 1. The van der Waals surface area contributed by atoms with Crippen LogP contribution in [0.15, 0.2) is 76.4 Å². The molecular weight excluding hydrogens is 474 g/mol. The second-order valence-corrected chi connectivity index (χ2v) is 8.84. The van der Waals surface area contributed by atoms with Crippen molar-refractivity contribution >= 4 is 37.5 Å². The van der Waals surface area contributed by atoms with Gasteiger partial charge in [-0.15, -0.1) is 0 Å². The second-order valence-electron chi connectivity index (χ2n) is 6.13. The van der Waals surface area contributed by atoms with Crippen LogP contribution in [0, 0.1) is 0 Å². The highest BCUT2D eigenvalue weighted by Gasteiger charge is 2.30. The summed E-state index contributed by atoms with van der Waals surface area (Å²) in [5.41, 5.74) is 2.24. The van der Waals surface area contributed by atoms with Crippen LogP contribution in [0.1, 0.15) is 15.9 Å². The molecule has 156 valence electrons. The van der Waals surface area contributed by atoms with E-state index in [4.69, 9.17) is 9.94 Å². The Bertz CT molecular complexity index is 1140. The maximum atomic E-state index is 13.6. The third-order valence-electron chi connectivity index (χ3n) is 4.28. The predicted octanol–water partition coefficient (Wildman–Crippen LogP) is 3.37. The van der Waals surface area contributed by atoms with Crippen LogP contribution in [0.3, 0.4) is 0 Å². The first-order valence-corrected chi connectivity index (χ1v) is 10.9. The SMILES string of the molecule is COc1ccc(S(=O)(=O)N(Cc2cccnc2)c2c(Br)cccc2C(=O)NO)cc1. The molecule has 0 spiro atoms. The number of rotatable bonds is 7. The van der Waals surface area contributed by atoms with Gasteiger partial charge in [0.25, 0.3) is 15.9 Å². The van der Waals surface area contributed by atoms with Crippen LogP contribution >= 0.6 is 15.9 Å². The van der Waals surface area contributed by atoms with E-state index in [2.05, 4.69) is 20.9 Å². The van der Waals surface area contributed by atoms with E-state index in [-0.39, 0.29) is 22.7 Å². The van der Waals surface area contributed by atoms with Crippen molar-refractivity contribution in [2.45, 2.75) is 11.4 Å². The molecule has 0 aliphatic rings. The lowest BCUT2D eigenvalue weighted by Gasteiger charge is -2.27. The molecule has 0 aliphatic carbocycles. The van der Waals surface area contributed by atoms with Crippen molar-refractivity contribution < 1.29 is 23.2 Å². The number of hydrogen-bond acceptors (Lipinski definition) is 6. The number of hydroxylamine groups is 1. The van der Waals surface area contributed by atoms with Gasteiger partial charge in [0.15, 0.2) is 0 Å². The molecule has 0 saturated heterocycles. The van der Waals surface area contributed by atoms with Crippen LogP contribution in [0.5, 0.6) is 5.75 Å². The van der Waals surface area contributed by atoms with Crippen molar-refractivity contribution in [3.8, 4) is 5.75 Å². The van der Waals surface area contributed by atoms with Crippen molar-refractivity contribution in [1.29, 1.82) is 0 Å². The molecule has 0 saturated carbocycles. The molecule has 2 aromatic carbocycles. The number of carbonyl (C=O) groups excluding carboxylic acids is 1. The van der Waals surface area contributed by atoms with E-state index in [0.717, 1.165) is 4.31 Å². The summed E-state index contributed by atoms with van der Waals surface area (Å²) in [6.45, 7) is -0.0868. The first-order valence-electron chi connectivity index (χ1n) is 8.67. The molecule has 1 amide bonds. The lowest BCUT2D eigenvalue weighted by molar-refractivity contribution is 0.0707. The Morgan fingerprint density at radius 1 is 1.17 bits per heavy atom. The van der Waals surface area contributed by atoms with Gasteiger partial charge in [0.05, 0.1) is 29.8 Å². The largest absolute Gasteiger partial charge is 0.497 e. The summed E-state index contributed by atoms with van der Waals surface area (Å²) in [6, 6.07) is 13.9. The fourth-order valence-corrected chi connectivity index (χ4v) is 5.02. The van der Waals surface area contributed by atoms with Gasteiger partial charge >= 0.3 is 0 Å². The number of halogens is 1. The molecule has 0 bridgehead atoms. The van der Waals surface area contributed by atoms with Crippen LogP contribution < -0.4 is 14.5 Å². The van der Waals surface area contributed by atoms with Crippen molar-refractivity contribution in [3.63, 3.8) is 0 Å². The quantitative estimate of drug-likeness (QED) is 0.387. The first-order chi connectivity index (χ1) is 14.4. The lowest BCUT2D eigenvalue weighted by atomic mass is 10.1. The van der Waals surface area contributed by atoms with Crippen LogP contribution in [-0.2, 0) is 16.6 Å². The van der Waals surface area contributed by atoms with Crippen LogP contribution in [-0.4, -0.2) is 31.6 Å². The molecule has 0 radical (unpaired) electrons. The molecule has 0 aliphatic heterocycles. The third-order valence-corrected chi connectivity index (χ3v) is 6.68. The van der Waals surface area contributed by atoms with Gasteiger partial charge in [0, 0.05) is 16.9 Å². The minimum atomic E-state index is -4.11. The zero-order valence-electron chi connectivity index (χ0n) is 15.8. The normalized spacial score (nSPS) is 11.0. The van der Waals surface area contributed by atoms with E-state index in [1.54, 1.807) is 42.1 Å². The standard InChI is InChI=1S/C20H18BrN3O5S/c1-29-15-7-9-16(10-8-15)30(27,28)24(13-14-4-3-11-22-12-14)19-17(20(25)23-26)5-2-6-18(19)21/h2-12,26H,13H2,1H3,(H,23,25). The number of aromatic nitrogens is 1. The van der Waals surface area contributed by atoms with Gasteiger partial charge in [0.1, 0.15) is 5.75 Å². The van der Waals surface area contributed by atoms with Gasteiger partial charge in [-0.1, -0.05) is 12.1 Å². The van der Waals surface area contributed by atoms with Gasteiger partial charge in [-0.2, -0.15) is 0 Å². The summed E-state index contributed by atoms with van der Waals surface area (Å²) < 4.78 is 33.8. The molecule has 3 aromatic rings.